The topological polar surface area (TPSA) is 24.1 Å². The highest BCUT2D eigenvalue weighted by atomic mass is 14.8. The molecular weight excluding hydrogens is 136 g/mol. The summed E-state index contributed by atoms with van der Waals surface area (Å²) in [6, 6.07) is 0. The van der Waals surface area contributed by atoms with Crippen LogP contribution in [-0.4, -0.2) is 27.2 Å². The third-order valence-electron chi connectivity index (χ3n) is 1.74. The van der Waals surface area contributed by atoms with Crippen LogP contribution in [0, 0.1) is 31.1 Å². The second-order valence-electron chi connectivity index (χ2n) is 2.64. The van der Waals surface area contributed by atoms with E-state index in [2.05, 4.69) is 29.9 Å². The summed E-state index contributed by atoms with van der Waals surface area (Å²) in [5.41, 5.74) is 0. The van der Waals surface area contributed by atoms with E-state index in [0.717, 1.165) is 13.1 Å². The molecule has 2 heteroatoms. The Morgan fingerprint density at radius 2 is 1.45 bits per heavy atom. The van der Waals surface area contributed by atoms with Crippen molar-refractivity contribution in [2.24, 2.45) is 0 Å². The van der Waals surface area contributed by atoms with Gasteiger partial charge in [-0.25, -0.2) is 0 Å². The van der Waals surface area contributed by atoms with Crippen LogP contribution in [0.1, 0.15) is 0 Å². The van der Waals surface area contributed by atoms with Crippen LogP contribution in [0.5, 0.6) is 0 Å². The summed E-state index contributed by atoms with van der Waals surface area (Å²) < 4.78 is 0. The normalized spacial score (nSPS) is 21.3. The van der Waals surface area contributed by atoms with Gasteiger partial charge in [-0.2, -0.15) is 0 Å². The summed E-state index contributed by atoms with van der Waals surface area (Å²) in [6.07, 6.45) is 6.41. The fourth-order valence-corrected chi connectivity index (χ4v) is 1.22. The van der Waals surface area contributed by atoms with Crippen molar-refractivity contribution >= 4 is 0 Å². The maximum atomic E-state index is 3.14. The summed E-state index contributed by atoms with van der Waals surface area (Å²) in [4.78, 5) is 0. The van der Waals surface area contributed by atoms with Crippen molar-refractivity contribution in [3.63, 3.8) is 0 Å². The van der Waals surface area contributed by atoms with Crippen molar-refractivity contribution in [1.29, 1.82) is 0 Å². The molecule has 2 nitrogen and oxygen atoms in total. The standard InChI is InChI=1S/C9H15N2/c1-10-6-8-4-3-5-9(8)7-11-2/h3-5,10-11H,6-7H2,1-2H3. The molecule has 1 fully saturated rings. The smallest absolute Gasteiger partial charge is 0.00200 e. The van der Waals surface area contributed by atoms with Crippen molar-refractivity contribution in [1.82, 2.24) is 10.6 Å². The van der Waals surface area contributed by atoms with E-state index in [-0.39, 0.29) is 0 Å². The van der Waals surface area contributed by atoms with Gasteiger partial charge in [0.1, 0.15) is 0 Å². The molecule has 0 aromatic heterocycles. The van der Waals surface area contributed by atoms with Crippen molar-refractivity contribution in [2.45, 2.75) is 0 Å². The molecule has 11 heavy (non-hydrogen) atoms. The van der Waals surface area contributed by atoms with Gasteiger partial charge < -0.3 is 10.6 Å². The SMILES string of the molecule is CNC[C]1[CH][CH][CH][C]1CNC. The Morgan fingerprint density at radius 1 is 1.00 bits per heavy atom. The molecule has 0 atom stereocenters. The van der Waals surface area contributed by atoms with Gasteiger partial charge in [-0.3, -0.25) is 0 Å². The van der Waals surface area contributed by atoms with Gasteiger partial charge in [-0.1, -0.05) is 0 Å². The van der Waals surface area contributed by atoms with E-state index in [1.165, 1.54) is 11.8 Å². The molecule has 2 N–H and O–H groups in total. The Hall–Kier alpha value is -0.0800. The summed E-state index contributed by atoms with van der Waals surface area (Å²) in [6.45, 7) is 1.92. The molecule has 0 saturated heterocycles. The molecule has 61 valence electrons. The van der Waals surface area contributed by atoms with Crippen LogP contribution < -0.4 is 10.6 Å². The largest absolute Gasteiger partial charge is 0.319 e. The lowest BCUT2D eigenvalue weighted by atomic mass is 9.96. The lowest BCUT2D eigenvalue weighted by molar-refractivity contribution is 0.752. The van der Waals surface area contributed by atoms with E-state index in [4.69, 9.17) is 0 Å². The zero-order valence-corrected chi connectivity index (χ0v) is 7.15. The molecule has 0 heterocycles. The first kappa shape index (κ1) is 9.01. The molecule has 0 aromatic carbocycles. The highest BCUT2D eigenvalue weighted by Crippen LogP contribution is 2.31. The van der Waals surface area contributed by atoms with Crippen molar-refractivity contribution < 1.29 is 0 Å². The Balaban J connectivity index is 2.25. The maximum Gasteiger partial charge on any atom is 0.00200 e. The number of nitrogens with one attached hydrogen (secondary N) is 2. The Kier molecular flexibility index (Phi) is 3.87. The van der Waals surface area contributed by atoms with Gasteiger partial charge in [0.15, 0.2) is 0 Å². The van der Waals surface area contributed by atoms with Crippen LogP contribution in [-0.2, 0) is 0 Å². The lowest BCUT2D eigenvalue weighted by Gasteiger charge is -2.16. The molecule has 0 aromatic rings. The first-order valence-electron chi connectivity index (χ1n) is 3.91. The summed E-state index contributed by atoms with van der Waals surface area (Å²) in [5, 5.41) is 6.28. The molecule has 0 spiro atoms. The predicted octanol–water partition coefficient (Wildman–Crippen LogP) is 0.201. The van der Waals surface area contributed by atoms with Gasteiger partial charge in [0.05, 0.1) is 0 Å². The van der Waals surface area contributed by atoms with Crippen molar-refractivity contribution in [3.8, 4) is 0 Å². The van der Waals surface area contributed by atoms with Crippen molar-refractivity contribution in [2.75, 3.05) is 27.2 Å². The molecule has 1 aliphatic rings. The Morgan fingerprint density at radius 3 is 1.82 bits per heavy atom. The number of hydrogen-bond acceptors (Lipinski definition) is 2. The first-order valence-corrected chi connectivity index (χ1v) is 3.91. The molecule has 0 bridgehead atoms. The fraction of sp³-hybridized carbons (Fsp3) is 0.444. The van der Waals surface area contributed by atoms with Gasteiger partial charge >= 0.3 is 0 Å². The molecule has 1 saturated carbocycles. The fourth-order valence-electron chi connectivity index (χ4n) is 1.22. The van der Waals surface area contributed by atoms with Gasteiger partial charge in [-0.05, 0) is 33.4 Å². The third-order valence-corrected chi connectivity index (χ3v) is 1.74. The van der Waals surface area contributed by atoms with Crippen LogP contribution >= 0.6 is 0 Å². The highest BCUT2D eigenvalue weighted by molar-refractivity contribution is 5.45. The molecule has 0 unspecified atom stereocenters. The third kappa shape index (κ3) is 2.46. The summed E-state index contributed by atoms with van der Waals surface area (Å²) >= 11 is 0. The van der Waals surface area contributed by atoms with E-state index in [1.807, 2.05) is 14.1 Å². The number of rotatable bonds is 4. The van der Waals surface area contributed by atoms with E-state index in [1.54, 1.807) is 0 Å². The second kappa shape index (κ2) is 4.73. The quantitative estimate of drug-likeness (QED) is 0.600. The van der Waals surface area contributed by atoms with Gasteiger partial charge in [0.25, 0.3) is 0 Å². The minimum absolute atomic E-state index is 0.962. The van der Waals surface area contributed by atoms with E-state index in [9.17, 15) is 0 Å². The monoisotopic (exact) mass is 151 g/mol. The van der Waals surface area contributed by atoms with Gasteiger partial charge in [0, 0.05) is 24.9 Å². The molecule has 0 amide bonds. The molecular formula is C9H15N2. The minimum atomic E-state index is 0.962. The zero-order valence-electron chi connectivity index (χ0n) is 7.15. The summed E-state index contributed by atoms with van der Waals surface area (Å²) in [5.74, 6) is 2.78. The minimum Gasteiger partial charge on any atom is -0.319 e. The predicted molar refractivity (Wildman–Crippen MR) is 47.2 cm³/mol. The van der Waals surface area contributed by atoms with Crippen LogP contribution in [0.4, 0.5) is 0 Å². The summed E-state index contributed by atoms with van der Waals surface area (Å²) in [7, 11) is 3.94. The molecule has 0 aliphatic heterocycles. The zero-order chi connectivity index (χ0) is 8.10. The average Bonchev–Trinajstić information content (AvgIpc) is 2.39. The average molecular weight is 151 g/mol. The van der Waals surface area contributed by atoms with Gasteiger partial charge in [0.2, 0.25) is 0 Å². The van der Waals surface area contributed by atoms with Crippen LogP contribution in [0.3, 0.4) is 0 Å². The Bertz CT molecular complexity index is 91.7. The van der Waals surface area contributed by atoms with E-state index < -0.39 is 0 Å². The lowest BCUT2D eigenvalue weighted by Crippen LogP contribution is -2.25. The van der Waals surface area contributed by atoms with E-state index in [0.29, 0.717) is 0 Å². The maximum absolute atomic E-state index is 3.14. The second-order valence-corrected chi connectivity index (χ2v) is 2.64. The van der Waals surface area contributed by atoms with Crippen LogP contribution in [0.2, 0.25) is 0 Å². The molecule has 1 rings (SSSR count). The first-order chi connectivity index (χ1) is 5.38. The van der Waals surface area contributed by atoms with Crippen LogP contribution in [0.25, 0.3) is 0 Å². The molecule has 1 aliphatic carbocycles. The van der Waals surface area contributed by atoms with E-state index >= 15 is 0 Å². The number of hydrogen-bond donors (Lipinski definition) is 2. The van der Waals surface area contributed by atoms with Gasteiger partial charge in [-0.15, -0.1) is 0 Å². The highest BCUT2D eigenvalue weighted by Gasteiger charge is 2.27. The molecule has 5 radical (unpaired) electrons. The van der Waals surface area contributed by atoms with Crippen LogP contribution in [0.15, 0.2) is 0 Å². The Labute approximate surface area is 69.8 Å². The van der Waals surface area contributed by atoms with Crippen molar-refractivity contribution in [3.05, 3.63) is 31.1 Å².